The molecule has 4 aromatic carbocycles. The third kappa shape index (κ3) is 7.92. The molecule has 0 radical (unpaired) electrons. The molecule has 4 rings (SSSR count). The number of halogens is 1. The largest absolute Gasteiger partial charge is 1.00 e. The molecule has 38 heavy (non-hydrogen) atoms. The third-order valence-corrected chi connectivity index (χ3v) is 8.20. The molecule has 1 unspecified atom stereocenters. The first-order chi connectivity index (χ1) is 17.8. The molecule has 0 aliphatic rings. The van der Waals surface area contributed by atoms with Crippen molar-refractivity contribution in [3.63, 3.8) is 0 Å². The Bertz CT molecular complexity index is 1340. The molecule has 7 heteroatoms. The maximum atomic E-state index is 13.8. The van der Waals surface area contributed by atoms with Gasteiger partial charge >= 0.3 is 0 Å². The number of hydrogen-bond donors (Lipinski definition) is 2. The number of rotatable bonds is 11. The highest BCUT2D eigenvalue weighted by Gasteiger charge is 2.29. The quantitative estimate of drug-likeness (QED) is 0.294. The van der Waals surface area contributed by atoms with Crippen LogP contribution >= 0.6 is 0 Å². The lowest BCUT2D eigenvalue weighted by atomic mass is 10.1. The van der Waals surface area contributed by atoms with E-state index >= 15 is 0 Å². The lowest BCUT2D eigenvalue weighted by Crippen LogP contribution is -3.10. The van der Waals surface area contributed by atoms with Gasteiger partial charge in [-0.3, -0.25) is 4.31 Å². The maximum Gasteiger partial charge on any atom is 0.264 e. The number of hydrogen-bond acceptors (Lipinski definition) is 3. The van der Waals surface area contributed by atoms with Gasteiger partial charge in [-0.2, -0.15) is 0 Å². The van der Waals surface area contributed by atoms with Crippen molar-refractivity contribution in [1.29, 1.82) is 0 Å². The average molecular weight is 551 g/mol. The van der Waals surface area contributed by atoms with Gasteiger partial charge in [0.15, 0.2) is 0 Å². The molecule has 0 aliphatic carbocycles. The van der Waals surface area contributed by atoms with Crippen molar-refractivity contribution in [2.24, 2.45) is 0 Å². The molecule has 0 spiro atoms. The number of nitrogens with zero attached hydrogens (tertiary/aromatic N) is 1. The summed E-state index contributed by atoms with van der Waals surface area (Å²) in [6.07, 6.45) is -0.872. The summed E-state index contributed by atoms with van der Waals surface area (Å²) < 4.78 is 28.9. The molecule has 1 atom stereocenters. The summed E-state index contributed by atoms with van der Waals surface area (Å²) in [5.74, 6) is 0. The summed E-state index contributed by atoms with van der Waals surface area (Å²) in [5, 5.41) is 11.3. The molecule has 0 saturated heterocycles. The Morgan fingerprint density at radius 3 is 1.82 bits per heavy atom. The highest BCUT2D eigenvalue weighted by molar-refractivity contribution is 7.92. The minimum absolute atomic E-state index is 0. The Labute approximate surface area is 232 Å². The SMILES string of the molecule is Cc1ccc(S(=O)(=O)N(CC(O)C[NH+](Cc2ccccc2)Cc2ccccc2)c2cccc(C)c2)cc1.[Cl-]. The fraction of sp³-hybridized carbons (Fsp3) is 0.226. The van der Waals surface area contributed by atoms with Crippen LogP contribution in [0, 0.1) is 13.8 Å². The van der Waals surface area contributed by atoms with Crippen LogP contribution in [-0.4, -0.2) is 32.7 Å². The summed E-state index contributed by atoms with van der Waals surface area (Å²) in [4.78, 5) is 1.37. The third-order valence-electron chi connectivity index (χ3n) is 6.39. The first kappa shape index (κ1) is 29.4. The molecule has 0 fully saturated rings. The molecule has 0 heterocycles. The van der Waals surface area contributed by atoms with E-state index in [4.69, 9.17) is 0 Å². The van der Waals surface area contributed by atoms with Gasteiger partial charge < -0.3 is 22.4 Å². The lowest BCUT2D eigenvalue weighted by Gasteiger charge is -2.29. The Kier molecular flexibility index (Phi) is 10.5. The molecule has 200 valence electrons. The number of aliphatic hydroxyl groups is 1. The highest BCUT2D eigenvalue weighted by Crippen LogP contribution is 2.25. The molecule has 5 nitrogen and oxygen atoms in total. The number of aliphatic hydroxyl groups excluding tert-OH is 1. The monoisotopic (exact) mass is 550 g/mol. The molecular formula is C31H35ClN2O3S. The van der Waals surface area contributed by atoms with Crippen molar-refractivity contribution in [2.45, 2.75) is 37.9 Å². The standard InChI is InChI=1S/C31H34N2O3S.ClH/c1-25-16-18-31(19-17-25)37(35,36)33(29-15-9-10-26(2)20-29)24-30(34)23-32(21-27-11-5-3-6-12-27)22-28-13-7-4-8-14-28;/h3-20,30,34H,21-24H2,1-2H3;1H. The minimum atomic E-state index is -3.87. The second kappa shape index (κ2) is 13.6. The van der Waals surface area contributed by atoms with Gasteiger partial charge in [-0.25, -0.2) is 8.42 Å². The van der Waals surface area contributed by atoms with Crippen LogP contribution in [0.3, 0.4) is 0 Å². The van der Waals surface area contributed by atoms with Gasteiger partial charge in [-0.1, -0.05) is 90.5 Å². The molecule has 0 aliphatic heterocycles. The number of nitrogens with one attached hydrogen (secondary N) is 1. The van der Waals surface area contributed by atoms with E-state index in [2.05, 4.69) is 24.3 Å². The second-order valence-electron chi connectivity index (χ2n) is 9.62. The minimum Gasteiger partial charge on any atom is -1.00 e. The maximum absolute atomic E-state index is 13.8. The van der Waals surface area contributed by atoms with Crippen LogP contribution < -0.4 is 21.6 Å². The molecule has 0 aromatic heterocycles. The zero-order valence-electron chi connectivity index (χ0n) is 21.8. The normalized spacial score (nSPS) is 12.1. The van der Waals surface area contributed by atoms with E-state index in [0.29, 0.717) is 12.2 Å². The topological polar surface area (TPSA) is 62.0 Å². The van der Waals surface area contributed by atoms with Gasteiger partial charge in [0.2, 0.25) is 0 Å². The number of quaternary nitrogens is 1. The number of aryl methyl sites for hydroxylation is 2. The van der Waals surface area contributed by atoms with Crippen molar-refractivity contribution in [1.82, 2.24) is 0 Å². The fourth-order valence-electron chi connectivity index (χ4n) is 4.53. The van der Waals surface area contributed by atoms with Gasteiger partial charge in [0.25, 0.3) is 10.0 Å². The van der Waals surface area contributed by atoms with Crippen LogP contribution in [0.1, 0.15) is 22.3 Å². The van der Waals surface area contributed by atoms with E-state index in [-0.39, 0.29) is 23.8 Å². The highest BCUT2D eigenvalue weighted by atomic mass is 35.5. The summed E-state index contributed by atoms with van der Waals surface area (Å²) >= 11 is 0. The first-order valence-electron chi connectivity index (χ1n) is 12.6. The van der Waals surface area contributed by atoms with E-state index in [9.17, 15) is 13.5 Å². The number of benzene rings is 4. The van der Waals surface area contributed by atoms with Crippen LogP contribution in [0.2, 0.25) is 0 Å². The molecule has 4 aromatic rings. The number of sulfonamides is 1. The molecule has 0 amide bonds. The average Bonchev–Trinajstić information content (AvgIpc) is 2.88. The fourth-order valence-corrected chi connectivity index (χ4v) is 6.02. The van der Waals surface area contributed by atoms with Gasteiger partial charge in [-0.05, 0) is 43.7 Å². The van der Waals surface area contributed by atoms with Crippen molar-refractivity contribution in [2.75, 3.05) is 17.4 Å². The molecule has 2 N–H and O–H groups in total. The van der Waals surface area contributed by atoms with E-state index in [0.717, 1.165) is 29.1 Å². The number of anilines is 1. The summed E-state index contributed by atoms with van der Waals surface area (Å²) in [7, 11) is -3.87. The first-order valence-corrected chi connectivity index (χ1v) is 14.0. The Morgan fingerprint density at radius 2 is 1.29 bits per heavy atom. The van der Waals surface area contributed by atoms with Crippen LogP contribution in [0.25, 0.3) is 0 Å². The molecule has 0 saturated carbocycles. The zero-order chi connectivity index (χ0) is 26.3. The summed E-state index contributed by atoms with van der Waals surface area (Å²) in [6, 6.07) is 34.6. The van der Waals surface area contributed by atoms with Crippen LogP contribution in [0.15, 0.2) is 114 Å². The van der Waals surface area contributed by atoms with E-state index in [1.54, 1.807) is 30.3 Å². The smallest absolute Gasteiger partial charge is 0.264 e. The van der Waals surface area contributed by atoms with Crippen molar-refractivity contribution in [3.8, 4) is 0 Å². The van der Waals surface area contributed by atoms with Gasteiger partial charge in [0.05, 0.1) is 17.1 Å². The van der Waals surface area contributed by atoms with Gasteiger partial charge in [0.1, 0.15) is 25.7 Å². The Morgan fingerprint density at radius 1 is 0.737 bits per heavy atom. The predicted octanol–water partition coefficient (Wildman–Crippen LogP) is 1.15. The van der Waals surface area contributed by atoms with Gasteiger partial charge in [0, 0.05) is 11.1 Å². The molecule has 0 bridgehead atoms. The van der Waals surface area contributed by atoms with E-state index in [1.165, 1.54) is 15.4 Å². The Hall–Kier alpha value is -3.16. The lowest BCUT2D eigenvalue weighted by molar-refractivity contribution is -0.930. The van der Waals surface area contributed by atoms with Crippen molar-refractivity contribution < 1.29 is 30.8 Å². The van der Waals surface area contributed by atoms with E-state index < -0.39 is 16.1 Å². The summed E-state index contributed by atoms with van der Waals surface area (Å²) in [6.45, 7) is 5.67. The van der Waals surface area contributed by atoms with Crippen LogP contribution in [0.5, 0.6) is 0 Å². The van der Waals surface area contributed by atoms with Gasteiger partial charge in [-0.15, -0.1) is 0 Å². The van der Waals surface area contributed by atoms with Crippen molar-refractivity contribution in [3.05, 3.63) is 131 Å². The van der Waals surface area contributed by atoms with E-state index in [1.807, 2.05) is 68.4 Å². The van der Waals surface area contributed by atoms with Crippen LogP contribution in [0.4, 0.5) is 5.69 Å². The Balaban J connectivity index is 0.00000400. The van der Waals surface area contributed by atoms with Crippen LogP contribution in [-0.2, 0) is 23.1 Å². The van der Waals surface area contributed by atoms with Crippen molar-refractivity contribution >= 4 is 15.7 Å². The summed E-state index contributed by atoms with van der Waals surface area (Å²) in [5.41, 5.74) is 4.83. The zero-order valence-corrected chi connectivity index (χ0v) is 23.4. The predicted molar refractivity (Wildman–Crippen MR) is 149 cm³/mol. The second-order valence-corrected chi connectivity index (χ2v) is 11.5. The molecular weight excluding hydrogens is 516 g/mol.